The minimum atomic E-state index is -4.44. The maximum atomic E-state index is 11.4. The molecule has 2 aromatic carbocycles. The van der Waals surface area contributed by atoms with Gasteiger partial charge in [0.25, 0.3) is 0 Å². The fourth-order valence-corrected chi connectivity index (χ4v) is 3.38. The van der Waals surface area contributed by atoms with Gasteiger partial charge in [0, 0.05) is 0 Å². The molecule has 0 saturated carbocycles. The largest absolute Gasteiger partial charge is 1.00 e. The summed E-state index contributed by atoms with van der Waals surface area (Å²) in [4.78, 5) is -0.106. The van der Waals surface area contributed by atoms with Crippen molar-refractivity contribution < 1.29 is 42.5 Å². The third-order valence-corrected chi connectivity index (χ3v) is 4.38. The van der Waals surface area contributed by atoms with Crippen molar-refractivity contribution in [2.24, 2.45) is 0 Å². The molecule has 0 unspecified atom stereocenters. The zero-order valence-corrected chi connectivity index (χ0v) is 15.7. The third kappa shape index (κ3) is 4.08. The summed E-state index contributed by atoms with van der Waals surface area (Å²) in [6, 6.07) is 8.82. The Labute approximate surface area is 148 Å². The molecular weight excluding hydrogens is 295 g/mol. The Morgan fingerprint density at radius 2 is 1.52 bits per heavy atom. The average Bonchev–Trinajstić information content (AvgIpc) is 2.38. The predicted molar refractivity (Wildman–Crippen MR) is 79.9 cm³/mol. The summed E-state index contributed by atoms with van der Waals surface area (Å²) in [7, 11) is -4.44. The molecule has 0 bridgehead atoms. The minimum Gasteiger partial charge on any atom is -0.744 e. The molecule has 0 spiro atoms. The summed E-state index contributed by atoms with van der Waals surface area (Å²) < 4.78 is 34.3. The van der Waals surface area contributed by atoms with E-state index in [9.17, 15) is 13.0 Å². The van der Waals surface area contributed by atoms with Crippen LogP contribution in [0.5, 0.6) is 0 Å². The Balaban J connectivity index is 0.00000220. The van der Waals surface area contributed by atoms with E-state index >= 15 is 0 Å². The molecule has 5 heteroatoms. The maximum Gasteiger partial charge on any atom is 1.00 e. The Hall–Kier alpha value is -0.390. The van der Waals surface area contributed by atoms with E-state index in [1.165, 1.54) is 6.07 Å². The first kappa shape index (κ1) is 18.7. The molecule has 0 aliphatic carbocycles. The molecule has 0 heterocycles. The van der Waals surface area contributed by atoms with E-state index in [0.717, 1.165) is 42.2 Å². The molecule has 0 N–H and O–H groups in total. The van der Waals surface area contributed by atoms with Crippen molar-refractivity contribution in [2.45, 2.75) is 44.4 Å². The van der Waals surface area contributed by atoms with Gasteiger partial charge in [0.1, 0.15) is 10.1 Å². The Bertz CT molecular complexity index is 711. The molecule has 0 fully saturated rings. The van der Waals surface area contributed by atoms with Crippen molar-refractivity contribution in [3.63, 3.8) is 0 Å². The van der Waals surface area contributed by atoms with Gasteiger partial charge in [-0.25, -0.2) is 8.42 Å². The van der Waals surface area contributed by atoms with Crippen LogP contribution in [-0.4, -0.2) is 13.0 Å². The molecule has 0 aliphatic heterocycles. The number of hydrogen-bond donors (Lipinski definition) is 0. The van der Waals surface area contributed by atoms with E-state index in [2.05, 4.69) is 13.8 Å². The van der Waals surface area contributed by atoms with Gasteiger partial charge in [-0.3, -0.25) is 0 Å². The first-order chi connectivity index (χ1) is 9.49. The van der Waals surface area contributed by atoms with Crippen molar-refractivity contribution in [1.29, 1.82) is 0 Å². The molecule has 0 atom stereocenters. The van der Waals surface area contributed by atoms with E-state index in [1.807, 2.05) is 12.1 Å². The molecule has 0 saturated heterocycles. The maximum absolute atomic E-state index is 11.4. The molecule has 0 aliphatic rings. The fourth-order valence-electron chi connectivity index (χ4n) is 2.71. The molecule has 3 nitrogen and oxygen atoms in total. The molecule has 108 valence electrons. The van der Waals surface area contributed by atoms with Crippen LogP contribution >= 0.6 is 0 Å². The van der Waals surface area contributed by atoms with Crippen LogP contribution in [0.1, 0.15) is 37.8 Å². The standard InChI is InChI=1S/C16H20O3S.Na/c1-3-6-12-8-5-9-14-15(20(17,18)19)11-10-13(7-4-2)16(12)14;/h5,8-11H,3-4,6-7H2,1-2H3,(H,17,18,19);/q;+1/p-1. The zero-order chi connectivity index (χ0) is 14.8. The van der Waals surface area contributed by atoms with Crippen LogP contribution in [0.2, 0.25) is 0 Å². The minimum absolute atomic E-state index is 0. The van der Waals surface area contributed by atoms with Crippen molar-refractivity contribution in [1.82, 2.24) is 0 Å². The van der Waals surface area contributed by atoms with Crippen LogP contribution in [0.3, 0.4) is 0 Å². The smallest absolute Gasteiger partial charge is 0.744 e. The van der Waals surface area contributed by atoms with Crippen molar-refractivity contribution in [3.05, 3.63) is 41.5 Å². The zero-order valence-electron chi connectivity index (χ0n) is 12.8. The summed E-state index contributed by atoms with van der Waals surface area (Å²) in [6.07, 6.45) is 3.74. The Morgan fingerprint density at radius 3 is 2.05 bits per heavy atom. The van der Waals surface area contributed by atoms with Crippen molar-refractivity contribution in [3.8, 4) is 0 Å². The SMILES string of the molecule is CCCc1cccc2c(S(=O)(=O)[O-])ccc(CCC)c12.[Na+]. The number of fused-ring (bicyclic) bond motifs is 1. The molecule has 0 aromatic heterocycles. The quantitative estimate of drug-likeness (QED) is 0.601. The van der Waals surface area contributed by atoms with Gasteiger partial charge in [0.2, 0.25) is 0 Å². The fraction of sp³-hybridized carbons (Fsp3) is 0.375. The number of hydrogen-bond acceptors (Lipinski definition) is 3. The molecule has 21 heavy (non-hydrogen) atoms. The first-order valence-corrected chi connectivity index (χ1v) is 8.39. The van der Waals surface area contributed by atoms with Crippen LogP contribution in [-0.2, 0) is 23.0 Å². The van der Waals surface area contributed by atoms with Gasteiger partial charge in [-0.2, -0.15) is 0 Å². The van der Waals surface area contributed by atoms with Crippen LogP contribution in [0.25, 0.3) is 10.8 Å². The second-order valence-corrected chi connectivity index (χ2v) is 6.36. The summed E-state index contributed by atoms with van der Waals surface area (Å²) in [5.41, 5.74) is 2.25. The molecule has 0 radical (unpaired) electrons. The van der Waals surface area contributed by atoms with Gasteiger partial charge in [0.15, 0.2) is 0 Å². The van der Waals surface area contributed by atoms with Gasteiger partial charge in [-0.05, 0) is 40.8 Å². The van der Waals surface area contributed by atoms with Gasteiger partial charge < -0.3 is 4.55 Å². The Kier molecular flexibility index (Phi) is 6.88. The van der Waals surface area contributed by atoms with Gasteiger partial charge in [0.05, 0.1) is 4.90 Å². The molecule has 2 aromatic rings. The summed E-state index contributed by atoms with van der Waals surface area (Å²) in [5, 5.41) is 1.52. The third-order valence-electron chi connectivity index (χ3n) is 3.48. The number of benzene rings is 2. The second-order valence-electron chi connectivity index (χ2n) is 5.02. The average molecular weight is 314 g/mol. The van der Waals surface area contributed by atoms with E-state index < -0.39 is 10.1 Å². The predicted octanol–water partition coefficient (Wildman–Crippen LogP) is 0.653. The number of aryl methyl sites for hydroxylation is 2. The second kappa shape index (κ2) is 7.75. The molecule has 2 rings (SSSR count). The monoisotopic (exact) mass is 314 g/mol. The molecular formula is C16H19NaO3S. The Morgan fingerprint density at radius 1 is 0.952 bits per heavy atom. The summed E-state index contributed by atoms with van der Waals surface area (Å²) in [5.74, 6) is 0. The van der Waals surface area contributed by atoms with E-state index in [1.54, 1.807) is 12.1 Å². The summed E-state index contributed by atoms with van der Waals surface area (Å²) >= 11 is 0. The summed E-state index contributed by atoms with van der Waals surface area (Å²) in [6.45, 7) is 4.18. The van der Waals surface area contributed by atoms with Crippen LogP contribution in [0.15, 0.2) is 35.2 Å². The van der Waals surface area contributed by atoms with Crippen molar-refractivity contribution in [2.75, 3.05) is 0 Å². The first-order valence-electron chi connectivity index (χ1n) is 6.98. The van der Waals surface area contributed by atoms with Gasteiger partial charge in [-0.1, -0.05) is 51.0 Å². The van der Waals surface area contributed by atoms with E-state index in [-0.39, 0.29) is 34.5 Å². The van der Waals surface area contributed by atoms with Gasteiger partial charge >= 0.3 is 29.6 Å². The molecule has 0 amide bonds. The van der Waals surface area contributed by atoms with E-state index in [4.69, 9.17) is 0 Å². The van der Waals surface area contributed by atoms with Crippen LogP contribution in [0.4, 0.5) is 0 Å². The van der Waals surface area contributed by atoms with Crippen LogP contribution < -0.4 is 29.6 Å². The number of rotatable bonds is 5. The van der Waals surface area contributed by atoms with Gasteiger partial charge in [-0.15, -0.1) is 0 Å². The van der Waals surface area contributed by atoms with Crippen LogP contribution in [0, 0.1) is 0 Å². The normalized spacial score (nSPS) is 11.4. The van der Waals surface area contributed by atoms with Crippen molar-refractivity contribution >= 4 is 20.9 Å². The topological polar surface area (TPSA) is 57.2 Å². The van der Waals surface area contributed by atoms with E-state index in [0.29, 0.717) is 5.39 Å².